The topological polar surface area (TPSA) is 33.1 Å². The van der Waals surface area contributed by atoms with Crippen LogP contribution in [0.15, 0.2) is 12.4 Å². The van der Waals surface area contributed by atoms with Crippen LogP contribution >= 0.6 is 0 Å². The number of imidazole rings is 1. The Morgan fingerprint density at radius 1 is 1.35 bits per heavy atom. The maximum Gasteiger partial charge on any atom is 0.205 e. The predicted molar refractivity (Wildman–Crippen MR) is 69.3 cm³/mol. The minimum atomic E-state index is 0.675. The summed E-state index contributed by atoms with van der Waals surface area (Å²) in [5.41, 5.74) is 0. The van der Waals surface area contributed by atoms with Gasteiger partial charge in [-0.25, -0.2) is 4.98 Å². The number of hydrogen-bond acceptors (Lipinski definition) is 3. The highest BCUT2D eigenvalue weighted by molar-refractivity contribution is 5.32. The molecule has 94 valence electrons. The molecule has 17 heavy (non-hydrogen) atoms. The molecule has 0 aromatic carbocycles. The van der Waals surface area contributed by atoms with Crippen LogP contribution in [0.4, 0.5) is 5.95 Å². The van der Waals surface area contributed by atoms with E-state index < -0.39 is 0 Å². The van der Waals surface area contributed by atoms with E-state index >= 15 is 0 Å². The molecular weight excluding hydrogens is 212 g/mol. The van der Waals surface area contributed by atoms with Gasteiger partial charge in [-0.2, -0.15) is 0 Å². The monoisotopic (exact) mass is 234 g/mol. The first kappa shape index (κ1) is 11.1. The predicted octanol–water partition coefficient (Wildman–Crippen LogP) is 1.62. The highest BCUT2D eigenvalue weighted by Crippen LogP contribution is 2.23. The van der Waals surface area contributed by atoms with Gasteiger partial charge in [-0.05, 0) is 25.7 Å². The Balaban J connectivity index is 1.76. The molecule has 1 N–H and O–H groups in total. The molecule has 2 aliphatic heterocycles. The van der Waals surface area contributed by atoms with Crippen LogP contribution in [0.3, 0.4) is 0 Å². The number of anilines is 1. The molecule has 1 aromatic rings. The number of hydrogen-bond donors (Lipinski definition) is 1. The van der Waals surface area contributed by atoms with E-state index in [2.05, 4.69) is 32.9 Å². The number of nitrogens with one attached hydrogen (secondary N) is 1. The summed E-state index contributed by atoms with van der Waals surface area (Å²) in [6, 6.07) is 1.42. The van der Waals surface area contributed by atoms with E-state index in [0.717, 1.165) is 25.7 Å². The fourth-order valence-corrected chi connectivity index (χ4v) is 3.12. The van der Waals surface area contributed by atoms with Crippen molar-refractivity contribution in [2.24, 2.45) is 0 Å². The van der Waals surface area contributed by atoms with E-state index in [-0.39, 0.29) is 0 Å². The maximum absolute atomic E-state index is 4.54. The molecular formula is C13H22N4. The summed E-state index contributed by atoms with van der Waals surface area (Å²) >= 11 is 0. The number of aryl methyl sites for hydroxylation is 1. The van der Waals surface area contributed by atoms with Gasteiger partial charge in [0.25, 0.3) is 0 Å². The molecule has 2 atom stereocenters. The molecule has 4 nitrogen and oxygen atoms in total. The van der Waals surface area contributed by atoms with Crippen LogP contribution < -0.4 is 10.2 Å². The number of rotatable bonds is 3. The lowest BCUT2D eigenvalue weighted by atomic mass is 10.1. The fourth-order valence-electron chi connectivity index (χ4n) is 3.12. The number of nitrogens with zero attached hydrogens (tertiary/aromatic N) is 3. The van der Waals surface area contributed by atoms with Crippen LogP contribution in [0.1, 0.15) is 32.6 Å². The molecule has 0 amide bonds. The van der Waals surface area contributed by atoms with Crippen molar-refractivity contribution in [2.75, 3.05) is 18.0 Å². The zero-order valence-electron chi connectivity index (χ0n) is 10.6. The Bertz CT molecular complexity index is 373. The smallest absolute Gasteiger partial charge is 0.205 e. The van der Waals surface area contributed by atoms with Crippen molar-refractivity contribution >= 4 is 5.95 Å². The molecule has 0 radical (unpaired) electrons. The lowest BCUT2D eigenvalue weighted by Gasteiger charge is -2.25. The van der Waals surface area contributed by atoms with Crippen molar-refractivity contribution in [1.29, 1.82) is 0 Å². The van der Waals surface area contributed by atoms with Gasteiger partial charge in [0.15, 0.2) is 0 Å². The van der Waals surface area contributed by atoms with Crippen molar-refractivity contribution < 1.29 is 0 Å². The molecule has 0 aliphatic carbocycles. The zero-order valence-corrected chi connectivity index (χ0v) is 10.6. The van der Waals surface area contributed by atoms with Crippen molar-refractivity contribution in [2.45, 2.75) is 51.2 Å². The largest absolute Gasteiger partial charge is 0.341 e. The molecule has 2 aliphatic rings. The summed E-state index contributed by atoms with van der Waals surface area (Å²) in [6.07, 6.45) is 9.16. The zero-order chi connectivity index (χ0) is 11.7. The Morgan fingerprint density at radius 3 is 3.12 bits per heavy atom. The molecule has 1 aromatic heterocycles. The Labute approximate surface area is 103 Å². The van der Waals surface area contributed by atoms with Gasteiger partial charge < -0.3 is 14.8 Å². The van der Waals surface area contributed by atoms with Gasteiger partial charge in [-0.15, -0.1) is 0 Å². The van der Waals surface area contributed by atoms with Crippen molar-refractivity contribution in [3.05, 3.63) is 12.4 Å². The van der Waals surface area contributed by atoms with E-state index in [1.54, 1.807) is 0 Å². The van der Waals surface area contributed by atoms with Crippen LogP contribution in [0.5, 0.6) is 0 Å². The number of aromatic nitrogens is 2. The van der Waals surface area contributed by atoms with Crippen LogP contribution in [-0.4, -0.2) is 34.7 Å². The van der Waals surface area contributed by atoms with Gasteiger partial charge in [-0.1, -0.05) is 6.92 Å². The molecule has 2 fully saturated rings. The molecule has 2 bridgehead atoms. The second kappa shape index (κ2) is 4.69. The van der Waals surface area contributed by atoms with Gasteiger partial charge in [-0.3, -0.25) is 0 Å². The lowest BCUT2D eigenvalue weighted by molar-refractivity contribution is 0.563. The van der Waals surface area contributed by atoms with E-state index in [9.17, 15) is 0 Å². The molecule has 3 heterocycles. The van der Waals surface area contributed by atoms with Crippen LogP contribution in [0.25, 0.3) is 0 Å². The fraction of sp³-hybridized carbons (Fsp3) is 0.769. The third kappa shape index (κ3) is 2.18. The second-order valence-corrected chi connectivity index (χ2v) is 5.29. The Kier molecular flexibility index (Phi) is 3.05. The van der Waals surface area contributed by atoms with E-state index in [1.165, 1.54) is 31.6 Å². The first-order valence-electron chi connectivity index (χ1n) is 6.89. The second-order valence-electron chi connectivity index (χ2n) is 5.29. The average molecular weight is 234 g/mol. The van der Waals surface area contributed by atoms with Gasteiger partial charge in [0.2, 0.25) is 5.95 Å². The Hall–Kier alpha value is -1.03. The molecule has 0 saturated carbocycles. The summed E-state index contributed by atoms with van der Waals surface area (Å²) < 4.78 is 2.29. The third-order valence-corrected chi connectivity index (χ3v) is 3.96. The SMILES string of the molecule is CCCn1ccnc1N1CCC2CCC(C1)N2. The average Bonchev–Trinajstić information content (AvgIpc) is 2.87. The van der Waals surface area contributed by atoms with E-state index in [4.69, 9.17) is 0 Å². The highest BCUT2D eigenvalue weighted by Gasteiger charge is 2.30. The lowest BCUT2D eigenvalue weighted by Crippen LogP contribution is -2.36. The van der Waals surface area contributed by atoms with Crippen LogP contribution in [0, 0.1) is 0 Å². The summed E-state index contributed by atoms with van der Waals surface area (Å²) in [5, 5.41) is 3.72. The van der Waals surface area contributed by atoms with Gasteiger partial charge in [0, 0.05) is 44.1 Å². The highest BCUT2D eigenvalue weighted by atomic mass is 15.3. The molecule has 4 heteroatoms. The van der Waals surface area contributed by atoms with Gasteiger partial charge >= 0.3 is 0 Å². The first-order valence-corrected chi connectivity index (χ1v) is 6.89. The molecule has 3 rings (SSSR count). The minimum Gasteiger partial charge on any atom is -0.341 e. The van der Waals surface area contributed by atoms with Gasteiger partial charge in [0.05, 0.1) is 0 Å². The Morgan fingerprint density at radius 2 is 2.24 bits per heavy atom. The van der Waals surface area contributed by atoms with Crippen molar-refractivity contribution in [1.82, 2.24) is 14.9 Å². The third-order valence-electron chi connectivity index (χ3n) is 3.96. The summed E-state index contributed by atoms with van der Waals surface area (Å²) in [7, 11) is 0. The van der Waals surface area contributed by atoms with Crippen molar-refractivity contribution in [3.63, 3.8) is 0 Å². The molecule has 2 unspecified atom stereocenters. The summed E-state index contributed by atoms with van der Waals surface area (Å²) in [6.45, 7) is 5.56. The standard InChI is InChI=1S/C13H22N4/c1-2-7-16-9-6-14-13(16)17-8-5-11-3-4-12(10-17)15-11/h6,9,11-12,15H,2-5,7-8,10H2,1H3. The summed E-state index contributed by atoms with van der Waals surface area (Å²) in [5.74, 6) is 1.17. The quantitative estimate of drug-likeness (QED) is 0.863. The van der Waals surface area contributed by atoms with Crippen molar-refractivity contribution in [3.8, 4) is 0 Å². The molecule has 2 saturated heterocycles. The van der Waals surface area contributed by atoms with Gasteiger partial charge in [0.1, 0.15) is 0 Å². The number of fused-ring (bicyclic) bond motifs is 2. The van der Waals surface area contributed by atoms with E-state index in [1.807, 2.05) is 6.20 Å². The van der Waals surface area contributed by atoms with E-state index in [0.29, 0.717) is 6.04 Å². The minimum absolute atomic E-state index is 0.675. The van der Waals surface area contributed by atoms with Crippen LogP contribution in [-0.2, 0) is 6.54 Å². The first-order chi connectivity index (χ1) is 8.36. The molecule has 0 spiro atoms. The normalized spacial score (nSPS) is 28.4. The summed E-state index contributed by atoms with van der Waals surface area (Å²) in [4.78, 5) is 7.01. The maximum atomic E-state index is 4.54. The van der Waals surface area contributed by atoms with Crippen LogP contribution in [0.2, 0.25) is 0 Å².